The van der Waals surface area contributed by atoms with Crippen molar-refractivity contribution in [3.63, 3.8) is 0 Å². The van der Waals surface area contributed by atoms with Crippen molar-refractivity contribution >= 4 is 5.91 Å². The molecule has 1 aromatic heterocycles. The third-order valence-corrected chi connectivity index (χ3v) is 4.08. The molecule has 0 spiro atoms. The van der Waals surface area contributed by atoms with E-state index in [1.807, 2.05) is 0 Å². The van der Waals surface area contributed by atoms with E-state index >= 15 is 0 Å². The summed E-state index contributed by atoms with van der Waals surface area (Å²) in [5, 5.41) is 5.19. The molecule has 7 heteroatoms. The molecule has 1 saturated heterocycles. The number of aromatic nitrogens is 2. The lowest BCUT2D eigenvalue weighted by molar-refractivity contribution is -0.138. The molecule has 1 aliphatic rings. The lowest BCUT2D eigenvalue weighted by atomic mass is 10.1. The molecule has 0 radical (unpaired) electrons. The monoisotopic (exact) mass is 319 g/mol. The molecule has 0 unspecified atom stereocenters. The molecule has 2 heterocycles. The van der Waals surface area contributed by atoms with Crippen molar-refractivity contribution in [3.8, 4) is 0 Å². The molecule has 0 bridgehead atoms. The number of aryl methyl sites for hydroxylation is 1. The van der Waals surface area contributed by atoms with E-state index in [2.05, 4.69) is 10.2 Å². The molecular formula is C16H18FN3O3. The van der Waals surface area contributed by atoms with E-state index in [4.69, 9.17) is 4.74 Å². The zero-order valence-corrected chi connectivity index (χ0v) is 12.8. The zero-order chi connectivity index (χ0) is 16.4. The summed E-state index contributed by atoms with van der Waals surface area (Å²) in [4.78, 5) is 25.8. The minimum absolute atomic E-state index is 0.0564. The number of H-pyrrole nitrogens is 2. The summed E-state index contributed by atoms with van der Waals surface area (Å²) < 4.78 is 18.7. The highest BCUT2D eigenvalue weighted by Gasteiger charge is 2.26. The Morgan fingerprint density at radius 3 is 2.74 bits per heavy atom. The maximum absolute atomic E-state index is 13.0. The Balaban J connectivity index is 1.69. The number of carbonyl (C=O) groups excluding carboxylic acids is 1. The molecule has 122 valence electrons. The number of carbonyl (C=O) groups is 1. The second-order valence-corrected chi connectivity index (χ2v) is 5.61. The van der Waals surface area contributed by atoms with Crippen LogP contribution < -0.4 is 5.56 Å². The number of amides is 1. The van der Waals surface area contributed by atoms with Crippen LogP contribution in [0, 0.1) is 12.7 Å². The summed E-state index contributed by atoms with van der Waals surface area (Å²) in [5.74, 6) is -0.423. The highest BCUT2D eigenvalue weighted by Crippen LogP contribution is 2.23. The number of hydrogen-bond donors (Lipinski definition) is 2. The molecule has 1 fully saturated rings. The molecule has 1 aromatic carbocycles. The number of nitrogens with zero attached hydrogens (tertiary/aromatic N) is 1. The summed E-state index contributed by atoms with van der Waals surface area (Å²) in [7, 11) is 0. The minimum Gasteiger partial charge on any atom is -0.370 e. The van der Waals surface area contributed by atoms with Gasteiger partial charge in [-0.2, -0.15) is 0 Å². The number of morpholine rings is 1. The summed E-state index contributed by atoms with van der Waals surface area (Å²) in [6.45, 7) is 3.04. The summed E-state index contributed by atoms with van der Waals surface area (Å²) in [6.07, 6.45) is -0.222. The Labute approximate surface area is 132 Å². The first kappa shape index (κ1) is 15.5. The highest BCUT2D eigenvalue weighted by atomic mass is 19.1. The number of ether oxygens (including phenoxy) is 1. The van der Waals surface area contributed by atoms with Crippen LogP contribution in [0.15, 0.2) is 29.1 Å². The quantitative estimate of drug-likeness (QED) is 0.895. The number of benzene rings is 1. The van der Waals surface area contributed by atoms with Crippen LogP contribution in [0.25, 0.3) is 0 Å². The van der Waals surface area contributed by atoms with Crippen LogP contribution in [-0.4, -0.2) is 40.7 Å². The Morgan fingerprint density at radius 2 is 2.09 bits per heavy atom. The smallest absolute Gasteiger partial charge is 0.267 e. The van der Waals surface area contributed by atoms with Crippen molar-refractivity contribution in [1.82, 2.24) is 15.1 Å². The normalized spacial score (nSPS) is 18.2. The van der Waals surface area contributed by atoms with Gasteiger partial charge in [-0.15, -0.1) is 0 Å². The summed E-state index contributed by atoms with van der Waals surface area (Å²) in [6, 6.07) is 6.08. The van der Waals surface area contributed by atoms with Crippen molar-refractivity contribution in [2.24, 2.45) is 0 Å². The maximum Gasteiger partial charge on any atom is 0.267 e. The molecule has 1 amide bonds. The van der Waals surface area contributed by atoms with E-state index in [0.29, 0.717) is 31.0 Å². The van der Waals surface area contributed by atoms with E-state index in [-0.39, 0.29) is 29.8 Å². The number of halogens is 1. The Hall–Kier alpha value is -2.41. The van der Waals surface area contributed by atoms with Crippen LogP contribution in [0.5, 0.6) is 0 Å². The van der Waals surface area contributed by atoms with Gasteiger partial charge in [-0.05, 0) is 24.6 Å². The molecule has 23 heavy (non-hydrogen) atoms. The summed E-state index contributed by atoms with van der Waals surface area (Å²) in [5.41, 5.74) is 1.70. The first-order chi connectivity index (χ1) is 11.0. The van der Waals surface area contributed by atoms with Crippen LogP contribution in [0.2, 0.25) is 0 Å². The average Bonchev–Trinajstić information content (AvgIpc) is 2.87. The van der Waals surface area contributed by atoms with Gasteiger partial charge in [-0.25, -0.2) is 4.39 Å². The molecule has 2 N–H and O–H groups in total. The predicted molar refractivity (Wildman–Crippen MR) is 81.5 cm³/mol. The highest BCUT2D eigenvalue weighted by molar-refractivity contribution is 5.79. The number of nitrogens with one attached hydrogen (secondary N) is 2. The van der Waals surface area contributed by atoms with Crippen molar-refractivity contribution in [2.75, 3.05) is 19.7 Å². The Kier molecular flexibility index (Phi) is 4.29. The predicted octanol–water partition coefficient (Wildman–Crippen LogP) is 1.29. The first-order valence-electron chi connectivity index (χ1n) is 7.45. The van der Waals surface area contributed by atoms with Crippen LogP contribution >= 0.6 is 0 Å². The molecule has 0 aliphatic carbocycles. The van der Waals surface area contributed by atoms with E-state index < -0.39 is 0 Å². The third kappa shape index (κ3) is 3.34. The van der Waals surface area contributed by atoms with Crippen LogP contribution in [0.4, 0.5) is 4.39 Å². The van der Waals surface area contributed by atoms with Gasteiger partial charge in [0.2, 0.25) is 5.91 Å². The van der Waals surface area contributed by atoms with Crippen LogP contribution in [0.3, 0.4) is 0 Å². The van der Waals surface area contributed by atoms with E-state index in [9.17, 15) is 14.0 Å². The largest absolute Gasteiger partial charge is 0.370 e. The Morgan fingerprint density at radius 1 is 1.35 bits per heavy atom. The topological polar surface area (TPSA) is 78.2 Å². The fourth-order valence-corrected chi connectivity index (χ4v) is 2.70. The number of hydrogen-bond acceptors (Lipinski definition) is 3. The SMILES string of the molecule is Cc1[nH][nH]c(=O)c1CC(=O)N1CCO[C@H](c2ccc(F)cc2)C1. The fourth-order valence-electron chi connectivity index (χ4n) is 2.70. The van der Waals surface area contributed by atoms with Gasteiger partial charge in [0, 0.05) is 17.8 Å². The van der Waals surface area contributed by atoms with Crippen molar-refractivity contribution < 1.29 is 13.9 Å². The van der Waals surface area contributed by atoms with E-state index in [1.165, 1.54) is 12.1 Å². The molecular weight excluding hydrogens is 301 g/mol. The zero-order valence-electron chi connectivity index (χ0n) is 12.8. The van der Waals surface area contributed by atoms with Crippen LogP contribution in [-0.2, 0) is 16.0 Å². The third-order valence-electron chi connectivity index (χ3n) is 4.08. The standard InChI is InChI=1S/C16H18FN3O3/c1-10-13(16(22)19-18-10)8-15(21)20-6-7-23-14(9-20)11-2-4-12(17)5-3-11/h2-5,14H,6-9H2,1H3,(H2,18,19,22)/t14-/m0/s1. The second-order valence-electron chi connectivity index (χ2n) is 5.61. The number of rotatable bonds is 3. The van der Waals surface area contributed by atoms with Gasteiger partial charge in [0.05, 0.1) is 19.6 Å². The second kappa shape index (κ2) is 6.37. The van der Waals surface area contributed by atoms with E-state index in [0.717, 1.165) is 5.56 Å². The van der Waals surface area contributed by atoms with Gasteiger partial charge in [-0.3, -0.25) is 14.7 Å². The lowest BCUT2D eigenvalue weighted by Gasteiger charge is -2.33. The molecule has 0 saturated carbocycles. The first-order valence-corrected chi connectivity index (χ1v) is 7.45. The molecule has 3 rings (SSSR count). The van der Waals surface area contributed by atoms with Crippen molar-refractivity contribution in [3.05, 3.63) is 57.3 Å². The number of aromatic amines is 2. The van der Waals surface area contributed by atoms with Gasteiger partial charge in [0.25, 0.3) is 5.56 Å². The summed E-state index contributed by atoms with van der Waals surface area (Å²) >= 11 is 0. The van der Waals surface area contributed by atoms with E-state index in [1.54, 1.807) is 24.0 Å². The van der Waals surface area contributed by atoms with Gasteiger partial charge in [0.1, 0.15) is 11.9 Å². The minimum atomic E-state index is -0.306. The maximum atomic E-state index is 13.0. The van der Waals surface area contributed by atoms with Crippen molar-refractivity contribution in [2.45, 2.75) is 19.4 Å². The lowest BCUT2D eigenvalue weighted by Crippen LogP contribution is -2.43. The van der Waals surface area contributed by atoms with Crippen LogP contribution in [0.1, 0.15) is 22.9 Å². The Bertz CT molecular complexity index is 751. The van der Waals surface area contributed by atoms with Crippen molar-refractivity contribution in [1.29, 1.82) is 0 Å². The van der Waals surface area contributed by atoms with Gasteiger partial charge in [-0.1, -0.05) is 12.1 Å². The molecule has 2 aromatic rings. The van der Waals surface area contributed by atoms with Gasteiger partial charge >= 0.3 is 0 Å². The molecule has 1 aliphatic heterocycles. The van der Waals surface area contributed by atoms with Gasteiger partial charge < -0.3 is 14.7 Å². The van der Waals surface area contributed by atoms with Gasteiger partial charge in [0.15, 0.2) is 0 Å². The molecule has 1 atom stereocenters. The molecule has 6 nitrogen and oxygen atoms in total. The fraction of sp³-hybridized carbons (Fsp3) is 0.375. The average molecular weight is 319 g/mol.